The zero-order chi connectivity index (χ0) is 14.9. The van der Waals surface area contributed by atoms with Crippen LogP contribution in [-0.2, 0) is 18.6 Å². The van der Waals surface area contributed by atoms with Gasteiger partial charge in [0.25, 0.3) is 0 Å². The molecule has 0 aromatic rings. The molecule has 2 rings (SSSR count). The first-order chi connectivity index (χ1) is 8.23. The Balaban J connectivity index is 2.26. The minimum absolute atomic E-state index is 0.489. The predicted molar refractivity (Wildman–Crippen MR) is 75.8 cm³/mol. The molecule has 2 aliphatic rings. The van der Waals surface area contributed by atoms with Crippen LogP contribution in [0.4, 0.5) is 0 Å². The van der Waals surface area contributed by atoms with Gasteiger partial charge < -0.3 is 23.6 Å². The summed E-state index contributed by atoms with van der Waals surface area (Å²) in [6, 6.07) is 0. The molecule has 2 saturated heterocycles. The molecule has 0 unspecified atom stereocenters. The first-order valence-corrected chi connectivity index (χ1v) is 6.88. The lowest BCUT2D eigenvalue weighted by atomic mass is 9.41. The topological polar surface area (TPSA) is 59.8 Å². The van der Waals surface area contributed by atoms with Gasteiger partial charge >= 0.3 is 13.7 Å². The lowest BCUT2D eigenvalue weighted by molar-refractivity contribution is 0.00578. The van der Waals surface area contributed by atoms with E-state index in [4.69, 9.17) is 23.6 Å². The Hall–Kier alpha value is -0.0701. The second kappa shape index (κ2) is 3.77. The van der Waals surface area contributed by atoms with Crippen LogP contribution in [0.1, 0.15) is 55.4 Å². The fourth-order valence-corrected chi connectivity index (χ4v) is 2.36. The second-order valence-electron chi connectivity index (χ2n) is 7.65. The molecule has 2 heterocycles. The van der Waals surface area contributed by atoms with Gasteiger partial charge in [0.1, 0.15) is 0 Å². The molecule has 2 N–H and O–H groups in total. The molecule has 0 radical (unpaired) electrons. The van der Waals surface area contributed by atoms with Gasteiger partial charge in [0.15, 0.2) is 0 Å². The number of hydrogen-bond donors (Lipinski definition) is 0. The Morgan fingerprint density at radius 1 is 0.684 bits per heavy atom. The minimum Gasteiger partial charge on any atom is -0.648 e. The van der Waals surface area contributed by atoms with Gasteiger partial charge in [0, 0.05) is 11.2 Å². The molecular formula is C12H26B2O5. The van der Waals surface area contributed by atoms with Crippen molar-refractivity contribution in [1.82, 2.24) is 0 Å². The molecule has 0 aromatic heterocycles. The maximum Gasteiger partial charge on any atom is 0.580 e. The zero-order valence-corrected chi connectivity index (χ0v) is 13.3. The summed E-state index contributed by atoms with van der Waals surface area (Å²) in [4.78, 5) is 0. The van der Waals surface area contributed by atoms with E-state index in [1.165, 1.54) is 0 Å². The van der Waals surface area contributed by atoms with Gasteiger partial charge in [-0.1, -0.05) is 0 Å². The minimum atomic E-state index is -2.39. The van der Waals surface area contributed by atoms with Gasteiger partial charge in [-0.05, 0) is 55.4 Å². The molecule has 0 atom stereocenters. The molecule has 0 aromatic carbocycles. The van der Waals surface area contributed by atoms with Gasteiger partial charge in [-0.2, -0.15) is 0 Å². The first kappa shape index (κ1) is 15.3. The standard InChI is InChI=1S/C12H26B2O5/c1-9(2)10(3,4)17-13(16-9)14(15)18-11(5,6)12(7,8)19-14/h15H2,1-8H3. The van der Waals surface area contributed by atoms with Crippen molar-refractivity contribution in [2.45, 2.75) is 77.8 Å². The van der Waals surface area contributed by atoms with E-state index < -0.39 is 36.1 Å². The van der Waals surface area contributed by atoms with Gasteiger partial charge in [-0.25, -0.2) is 0 Å². The van der Waals surface area contributed by atoms with Gasteiger partial charge in [0.2, 0.25) is 0 Å². The number of rotatable bonds is 1. The summed E-state index contributed by atoms with van der Waals surface area (Å²) in [6.45, 7) is 13.1. The van der Waals surface area contributed by atoms with Crippen LogP contribution >= 0.6 is 0 Å². The summed E-state index contributed by atoms with van der Waals surface area (Å²) < 4.78 is 23.6. The highest BCUT2D eigenvalue weighted by Crippen LogP contribution is 2.46. The predicted octanol–water partition coefficient (Wildman–Crippen LogP) is 1.42. The molecule has 0 amide bonds. The molecule has 5 nitrogen and oxygen atoms in total. The largest absolute Gasteiger partial charge is 0.648 e. The average molecular weight is 272 g/mol. The van der Waals surface area contributed by atoms with Crippen molar-refractivity contribution in [1.29, 1.82) is 0 Å². The summed E-state index contributed by atoms with van der Waals surface area (Å²) in [5.41, 5.74) is -2.09. The van der Waals surface area contributed by atoms with Crippen LogP contribution in [0.5, 0.6) is 0 Å². The smallest absolute Gasteiger partial charge is 0.580 e. The molecule has 0 saturated carbocycles. The lowest BCUT2D eigenvalue weighted by Gasteiger charge is -2.35. The van der Waals surface area contributed by atoms with Crippen LogP contribution in [0.15, 0.2) is 0 Å². The van der Waals surface area contributed by atoms with E-state index in [1.807, 2.05) is 55.4 Å². The fourth-order valence-electron chi connectivity index (χ4n) is 2.36. The summed E-state index contributed by atoms with van der Waals surface area (Å²) in [6.07, 6.45) is 0. The van der Waals surface area contributed by atoms with Gasteiger partial charge in [-0.3, -0.25) is 0 Å². The summed E-state index contributed by atoms with van der Waals surface area (Å²) in [7, 11) is -0.800. The zero-order valence-electron chi connectivity index (χ0n) is 13.3. The highest BCUT2D eigenvalue weighted by Gasteiger charge is 2.69. The van der Waals surface area contributed by atoms with Crippen molar-refractivity contribution in [2.75, 3.05) is 0 Å². The summed E-state index contributed by atoms with van der Waals surface area (Å²) >= 11 is 0. The van der Waals surface area contributed by atoms with Gasteiger partial charge in [0.05, 0.1) is 11.2 Å². The van der Waals surface area contributed by atoms with Crippen LogP contribution in [0, 0.1) is 0 Å². The lowest BCUT2D eigenvalue weighted by Crippen LogP contribution is -2.57. The van der Waals surface area contributed by atoms with Crippen molar-refractivity contribution >= 4 is 13.7 Å². The third-order valence-electron chi connectivity index (χ3n) is 5.02. The molecule has 0 bridgehead atoms. The fraction of sp³-hybridized carbons (Fsp3) is 1.00. The van der Waals surface area contributed by atoms with Crippen molar-refractivity contribution in [3.8, 4) is 0 Å². The van der Waals surface area contributed by atoms with Crippen LogP contribution in [-0.4, -0.2) is 41.1 Å². The Morgan fingerprint density at radius 2 is 1.00 bits per heavy atom. The average Bonchev–Trinajstić information content (AvgIpc) is 2.42. The highest BCUT2D eigenvalue weighted by atomic mass is 16.8. The van der Waals surface area contributed by atoms with Crippen molar-refractivity contribution in [2.24, 2.45) is 0 Å². The molecule has 2 aliphatic heterocycles. The van der Waals surface area contributed by atoms with Crippen molar-refractivity contribution in [3.63, 3.8) is 0 Å². The number of hydrogen-bond acceptors (Lipinski definition) is 4. The Morgan fingerprint density at radius 3 is 1.32 bits per heavy atom. The van der Waals surface area contributed by atoms with E-state index in [1.54, 1.807) is 0 Å². The van der Waals surface area contributed by atoms with Crippen LogP contribution < -0.4 is 0 Å². The van der Waals surface area contributed by atoms with Crippen LogP contribution in [0.25, 0.3) is 0 Å². The highest BCUT2D eigenvalue weighted by molar-refractivity contribution is 7.18. The van der Waals surface area contributed by atoms with Gasteiger partial charge in [-0.15, -0.1) is 0 Å². The molecule has 110 valence electrons. The Bertz CT molecular complexity index is 360. The van der Waals surface area contributed by atoms with E-state index in [0.717, 1.165) is 0 Å². The quantitative estimate of drug-likeness (QED) is 0.535. The van der Waals surface area contributed by atoms with Crippen molar-refractivity contribution in [3.05, 3.63) is 0 Å². The third-order valence-corrected chi connectivity index (χ3v) is 5.02. The Kier molecular flexibility index (Phi) is 3.04. The van der Waals surface area contributed by atoms with E-state index in [0.29, 0.717) is 0 Å². The molecular weight excluding hydrogens is 246 g/mol. The molecule has 0 aliphatic carbocycles. The van der Waals surface area contributed by atoms with E-state index in [9.17, 15) is 0 Å². The van der Waals surface area contributed by atoms with Crippen LogP contribution in [0.3, 0.4) is 0 Å². The normalized spacial score (nSPS) is 33.6. The van der Waals surface area contributed by atoms with Crippen molar-refractivity contribution < 1.29 is 23.6 Å². The Labute approximate surface area is 116 Å². The summed E-state index contributed by atoms with van der Waals surface area (Å²) in [5.74, 6) is 0. The SMILES string of the molecule is CC1(C)OB([B-]2([OH2+])OC(C)(C)C(C)(C)O2)OC1(C)C. The maximum atomic E-state index is 8.51. The molecule has 2 fully saturated rings. The monoisotopic (exact) mass is 272 g/mol. The summed E-state index contributed by atoms with van der Waals surface area (Å²) in [5, 5.41) is 8.51. The maximum absolute atomic E-state index is 8.51. The third kappa shape index (κ3) is 2.16. The molecule has 0 spiro atoms. The van der Waals surface area contributed by atoms with E-state index in [-0.39, 0.29) is 0 Å². The van der Waals surface area contributed by atoms with E-state index >= 15 is 0 Å². The first-order valence-electron chi connectivity index (χ1n) is 6.88. The molecule has 19 heavy (non-hydrogen) atoms. The molecule has 7 heteroatoms. The van der Waals surface area contributed by atoms with Crippen LogP contribution in [0.2, 0.25) is 0 Å². The second-order valence-corrected chi connectivity index (χ2v) is 7.65. The van der Waals surface area contributed by atoms with E-state index in [2.05, 4.69) is 0 Å².